The number of benzene rings is 1. The molecule has 0 saturated heterocycles. The molecular weight excluding hydrogens is 452 g/mol. The Morgan fingerprint density at radius 2 is 1.94 bits per heavy atom. The van der Waals surface area contributed by atoms with Gasteiger partial charge in [-0.3, -0.25) is 0 Å². The second-order valence-electron chi connectivity index (χ2n) is 8.77. The largest absolute Gasteiger partial charge is 0.483 e. The summed E-state index contributed by atoms with van der Waals surface area (Å²) in [7, 11) is 0. The minimum absolute atomic E-state index is 0.281. The maximum Gasteiger partial charge on any atom is 0.340 e. The van der Waals surface area contributed by atoms with Crippen LogP contribution in [0.5, 0.6) is 5.75 Å². The van der Waals surface area contributed by atoms with Crippen molar-refractivity contribution in [3.8, 4) is 5.75 Å². The number of allylic oxidation sites excluding steroid dienone is 1. The molecule has 2 heterocycles. The van der Waals surface area contributed by atoms with E-state index in [2.05, 4.69) is 0 Å². The van der Waals surface area contributed by atoms with Crippen LogP contribution in [0.2, 0.25) is 0 Å². The standard InChI is InChI=1S/C24H27ClO8/c1-7-12(2)21(27)32-20-19(31-22(28)24(6,29)13(3)25)15-10-14-8-9-18(26)30-16(14)11-17(15)33-23(20,4)5/h7-11,13,19-20,29H,1-6H3. The number of alkyl halides is 1. The summed E-state index contributed by atoms with van der Waals surface area (Å²) in [6, 6.07) is 5.97. The summed E-state index contributed by atoms with van der Waals surface area (Å²) in [5.74, 6) is -1.30. The van der Waals surface area contributed by atoms with Crippen LogP contribution < -0.4 is 10.4 Å². The van der Waals surface area contributed by atoms with Gasteiger partial charge in [0.25, 0.3) is 0 Å². The average molecular weight is 479 g/mol. The summed E-state index contributed by atoms with van der Waals surface area (Å²) in [5, 5.41) is 10.2. The van der Waals surface area contributed by atoms with Gasteiger partial charge in [0.1, 0.15) is 16.9 Å². The molecule has 4 atom stereocenters. The second kappa shape index (κ2) is 8.83. The van der Waals surface area contributed by atoms with Crippen molar-refractivity contribution in [2.45, 2.75) is 70.3 Å². The molecule has 1 aromatic carbocycles. The lowest BCUT2D eigenvalue weighted by atomic mass is 9.87. The predicted molar refractivity (Wildman–Crippen MR) is 121 cm³/mol. The van der Waals surface area contributed by atoms with Gasteiger partial charge in [-0.15, -0.1) is 11.6 Å². The number of aliphatic hydroxyl groups is 1. The maximum atomic E-state index is 12.9. The molecule has 0 aliphatic carbocycles. The Morgan fingerprint density at radius 1 is 1.27 bits per heavy atom. The smallest absolute Gasteiger partial charge is 0.340 e. The first-order chi connectivity index (χ1) is 15.3. The molecule has 9 heteroatoms. The van der Waals surface area contributed by atoms with Crippen LogP contribution in [-0.4, -0.2) is 39.7 Å². The van der Waals surface area contributed by atoms with Crippen molar-refractivity contribution >= 4 is 34.5 Å². The van der Waals surface area contributed by atoms with Gasteiger partial charge in [0.2, 0.25) is 0 Å². The second-order valence-corrected chi connectivity index (χ2v) is 9.43. The average Bonchev–Trinajstić information content (AvgIpc) is 2.73. The Hall–Kier alpha value is -2.84. The first-order valence-corrected chi connectivity index (χ1v) is 10.9. The third-order valence-corrected chi connectivity index (χ3v) is 6.23. The predicted octanol–water partition coefficient (Wildman–Crippen LogP) is 3.80. The SMILES string of the molecule is CC=C(C)C(=O)OC1C(OC(=O)C(C)(O)C(C)Cl)c2cc3ccc(=O)oc3cc2OC1(C)C. The van der Waals surface area contributed by atoms with E-state index in [0.717, 1.165) is 0 Å². The van der Waals surface area contributed by atoms with Gasteiger partial charge in [0.15, 0.2) is 17.8 Å². The topological polar surface area (TPSA) is 112 Å². The normalized spacial score (nSPS) is 22.5. The molecule has 1 aromatic heterocycles. The number of rotatable bonds is 5. The zero-order chi connectivity index (χ0) is 24.7. The molecular formula is C24H27ClO8. The molecule has 178 valence electrons. The first-order valence-electron chi connectivity index (χ1n) is 10.5. The van der Waals surface area contributed by atoms with Gasteiger partial charge in [-0.2, -0.15) is 0 Å². The van der Waals surface area contributed by atoms with Gasteiger partial charge in [-0.05, 0) is 53.7 Å². The zero-order valence-electron chi connectivity index (χ0n) is 19.3. The Labute approximate surface area is 196 Å². The molecule has 1 aliphatic heterocycles. The highest BCUT2D eigenvalue weighted by Gasteiger charge is 2.51. The van der Waals surface area contributed by atoms with Crippen molar-refractivity contribution < 1.29 is 33.3 Å². The number of hydrogen-bond acceptors (Lipinski definition) is 8. The van der Waals surface area contributed by atoms with Crippen molar-refractivity contribution in [2.75, 3.05) is 0 Å². The molecule has 0 fully saturated rings. The van der Waals surface area contributed by atoms with Crippen LogP contribution >= 0.6 is 11.6 Å². The van der Waals surface area contributed by atoms with Gasteiger partial charge in [0, 0.05) is 28.7 Å². The van der Waals surface area contributed by atoms with E-state index in [1.54, 1.807) is 45.9 Å². The third-order valence-electron chi connectivity index (χ3n) is 5.80. The molecule has 0 radical (unpaired) electrons. The molecule has 0 bridgehead atoms. The van der Waals surface area contributed by atoms with E-state index in [9.17, 15) is 19.5 Å². The van der Waals surface area contributed by atoms with Crippen molar-refractivity contribution in [3.05, 3.63) is 51.9 Å². The van der Waals surface area contributed by atoms with Crippen LogP contribution in [0.25, 0.3) is 11.0 Å². The summed E-state index contributed by atoms with van der Waals surface area (Å²) >= 11 is 6.00. The summed E-state index contributed by atoms with van der Waals surface area (Å²) in [6.45, 7) is 9.36. The summed E-state index contributed by atoms with van der Waals surface area (Å²) < 4.78 is 22.8. The lowest BCUT2D eigenvalue weighted by Crippen LogP contribution is -2.54. The molecule has 3 rings (SSSR count). The maximum absolute atomic E-state index is 12.9. The molecule has 4 unspecified atom stereocenters. The van der Waals surface area contributed by atoms with E-state index < -0.39 is 46.4 Å². The number of esters is 2. The molecule has 0 saturated carbocycles. The molecule has 2 aromatic rings. The van der Waals surface area contributed by atoms with Crippen molar-refractivity contribution in [3.63, 3.8) is 0 Å². The first kappa shape index (κ1) is 24.8. The Kier molecular flexibility index (Phi) is 6.64. The molecule has 0 spiro atoms. The van der Waals surface area contributed by atoms with Crippen LogP contribution in [0.15, 0.2) is 45.1 Å². The van der Waals surface area contributed by atoms with Gasteiger partial charge in [-0.1, -0.05) is 6.08 Å². The van der Waals surface area contributed by atoms with Crippen molar-refractivity contribution in [1.82, 2.24) is 0 Å². The lowest BCUT2D eigenvalue weighted by molar-refractivity contribution is -0.197. The summed E-state index contributed by atoms with van der Waals surface area (Å²) in [4.78, 5) is 37.2. The number of ether oxygens (including phenoxy) is 3. The number of hydrogen-bond donors (Lipinski definition) is 1. The number of carbonyl (C=O) groups is 2. The van der Waals surface area contributed by atoms with E-state index >= 15 is 0 Å². The van der Waals surface area contributed by atoms with Gasteiger partial charge >= 0.3 is 17.6 Å². The van der Waals surface area contributed by atoms with E-state index in [4.69, 9.17) is 30.2 Å². The number of fused-ring (bicyclic) bond motifs is 2. The fourth-order valence-corrected chi connectivity index (χ4v) is 3.44. The fraction of sp³-hybridized carbons (Fsp3) is 0.458. The Balaban J connectivity index is 2.16. The van der Waals surface area contributed by atoms with Crippen LogP contribution in [0, 0.1) is 0 Å². The highest BCUT2D eigenvalue weighted by Crippen LogP contribution is 2.45. The molecule has 8 nitrogen and oxygen atoms in total. The van der Waals surface area contributed by atoms with Gasteiger partial charge in [0.05, 0.1) is 5.38 Å². The Bertz CT molecular complexity index is 1170. The van der Waals surface area contributed by atoms with E-state index in [1.165, 1.54) is 26.0 Å². The van der Waals surface area contributed by atoms with Crippen LogP contribution in [0.1, 0.15) is 53.2 Å². The van der Waals surface area contributed by atoms with E-state index in [-0.39, 0.29) is 11.3 Å². The minimum Gasteiger partial charge on any atom is -0.483 e. The highest BCUT2D eigenvalue weighted by atomic mass is 35.5. The molecule has 1 aliphatic rings. The minimum atomic E-state index is -2.00. The van der Waals surface area contributed by atoms with Gasteiger partial charge < -0.3 is 23.7 Å². The lowest BCUT2D eigenvalue weighted by Gasteiger charge is -2.44. The van der Waals surface area contributed by atoms with E-state index in [1.807, 2.05) is 0 Å². The van der Waals surface area contributed by atoms with Crippen molar-refractivity contribution in [1.29, 1.82) is 0 Å². The van der Waals surface area contributed by atoms with Crippen LogP contribution in [-0.2, 0) is 19.1 Å². The molecule has 0 amide bonds. The number of halogens is 1. The van der Waals surface area contributed by atoms with Crippen LogP contribution in [0.4, 0.5) is 0 Å². The highest BCUT2D eigenvalue weighted by molar-refractivity contribution is 6.22. The quantitative estimate of drug-likeness (QED) is 0.299. The number of carbonyl (C=O) groups excluding carboxylic acids is 2. The fourth-order valence-electron chi connectivity index (χ4n) is 3.35. The Morgan fingerprint density at radius 3 is 2.55 bits per heavy atom. The molecule has 33 heavy (non-hydrogen) atoms. The van der Waals surface area contributed by atoms with E-state index in [0.29, 0.717) is 16.5 Å². The van der Waals surface area contributed by atoms with Crippen LogP contribution in [0.3, 0.4) is 0 Å². The zero-order valence-corrected chi connectivity index (χ0v) is 20.1. The summed E-state index contributed by atoms with van der Waals surface area (Å²) in [5.41, 5.74) is -2.64. The van der Waals surface area contributed by atoms with Crippen molar-refractivity contribution in [2.24, 2.45) is 0 Å². The summed E-state index contributed by atoms with van der Waals surface area (Å²) in [6.07, 6.45) is -0.599. The van der Waals surface area contributed by atoms with Gasteiger partial charge in [-0.25, -0.2) is 14.4 Å². The molecule has 1 N–H and O–H groups in total. The third kappa shape index (κ3) is 4.77. The monoisotopic (exact) mass is 478 g/mol.